The zero-order valence-corrected chi connectivity index (χ0v) is 16.0. The maximum atomic E-state index is 11.7. The van der Waals surface area contributed by atoms with Crippen molar-refractivity contribution < 1.29 is 23.9 Å². The molecule has 1 aliphatic rings. The van der Waals surface area contributed by atoms with Gasteiger partial charge in [0.15, 0.2) is 6.61 Å². The number of benzene rings is 1. The van der Waals surface area contributed by atoms with E-state index in [0.717, 1.165) is 5.56 Å². The van der Waals surface area contributed by atoms with Crippen LogP contribution in [0.4, 0.5) is 0 Å². The number of amides is 2. The summed E-state index contributed by atoms with van der Waals surface area (Å²) in [7, 11) is 0. The molecule has 1 aromatic rings. The molecule has 1 aromatic carbocycles. The van der Waals surface area contributed by atoms with Crippen LogP contribution in [0.15, 0.2) is 24.3 Å². The third-order valence-corrected chi connectivity index (χ3v) is 4.86. The van der Waals surface area contributed by atoms with Crippen LogP contribution in [0.5, 0.6) is 5.75 Å². The summed E-state index contributed by atoms with van der Waals surface area (Å²) in [6.07, 6.45) is 0.0506. The van der Waals surface area contributed by atoms with E-state index in [-0.39, 0.29) is 32.1 Å². The fourth-order valence-electron chi connectivity index (χ4n) is 2.13. The van der Waals surface area contributed by atoms with E-state index in [1.807, 2.05) is 25.1 Å². The molecule has 0 unspecified atom stereocenters. The van der Waals surface area contributed by atoms with Crippen molar-refractivity contribution in [2.75, 3.05) is 32.1 Å². The Balaban J connectivity index is 1.56. The van der Waals surface area contributed by atoms with Gasteiger partial charge in [-0.25, -0.2) is 0 Å². The minimum absolute atomic E-state index is 0.0506. The SMILES string of the molecule is Cc1cccc(OCCC(=O)OCC(=O)NCCN2C(=O)CSC2=S)c1. The first-order valence-corrected chi connectivity index (χ1v) is 9.44. The maximum absolute atomic E-state index is 11.7. The van der Waals surface area contributed by atoms with Gasteiger partial charge < -0.3 is 14.8 Å². The van der Waals surface area contributed by atoms with Gasteiger partial charge in [0, 0.05) is 13.1 Å². The molecule has 0 aliphatic carbocycles. The Morgan fingerprint density at radius 2 is 2.19 bits per heavy atom. The molecule has 0 bridgehead atoms. The Morgan fingerprint density at radius 3 is 2.88 bits per heavy atom. The Kier molecular flexibility index (Phi) is 7.86. The minimum Gasteiger partial charge on any atom is -0.493 e. The van der Waals surface area contributed by atoms with Gasteiger partial charge in [0.1, 0.15) is 10.1 Å². The fraction of sp³-hybridized carbons (Fsp3) is 0.412. The first kappa shape index (κ1) is 20.2. The van der Waals surface area contributed by atoms with Crippen molar-refractivity contribution in [2.45, 2.75) is 13.3 Å². The van der Waals surface area contributed by atoms with E-state index in [0.29, 0.717) is 22.4 Å². The smallest absolute Gasteiger partial charge is 0.309 e. The lowest BCUT2D eigenvalue weighted by Crippen LogP contribution is -2.38. The molecule has 0 spiro atoms. The lowest BCUT2D eigenvalue weighted by atomic mass is 10.2. The molecule has 0 radical (unpaired) electrons. The van der Waals surface area contributed by atoms with Crippen molar-refractivity contribution in [1.82, 2.24) is 10.2 Å². The van der Waals surface area contributed by atoms with Gasteiger partial charge in [-0.15, -0.1) is 0 Å². The number of thiocarbonyl (C=S) groups is 1. The van der Waals surface area contributed by atoms with Gasteiger partial charge in [0.2, 0.25) is 5.91 Å². The van der Waals surface area contributed by atoms with Crippen molar-refractivity contribution >= 4 is 46.1 Å². The van der Waals surface area contributed by atoms with Crippen molar-refractivity contribution in [3.8, 4) is 5.75 Å². The predicted molar refractivity (Wildman–Crippen MR) is 102 cm³/mol. The van der Waals surface area contributed by atoms with Crippen LogP contribution in [-0.4, -0.2) is 59.1 Å². The Labute approximate surface area is 161 Å². The highest BCUT2D eigenvalue weighted by atomic mass is 32.2. The molecule has 1 saturated heterocycles. The molecule has 2 rings (SSSR count). The fourth-order valence-corrected chi connectivity index (χ4v) is 3.25. The summed E-state index contributed by atoms with van der Waals surface area (Å²) in [6, 6.07) is 7.50. The van der Waals surface area contributed by atoms with Crippen LogP contribution < -0.4 is 10.1 Å². The topological polar surface area (TPSA) is 84.9 Å². The second kappa shape index (κ2) is 10.1. The Hall–Kier alpha value is -2.13. The molecule has 140 valence electrons. The van der Waals surface area contributed by atoms with Crippen LogP contribution in [0.25, 0.3) is 0 Å². The van der Waals surface area contributed by atoms with E-state index >= 15 is 0 Å². The number of ether oxygens (including phenoxy) is 2. The van der Waals surface area contributed by atoms with Crippen LogP contribution in [0.2, 0.25) is 0 Å². The van der Waals surface area contributed by atoms with Gasteiger partial charge in [0.05, 0.1) is 18.8 Å². The summed E-state index contributed by atoms with van der Waals surface area (Å²) in [5, 5.41) is 2.58. The lowest BCUT2D eigenvalue weighted by Gasteiger charge is -2.15. The van der Waals surface area contributed by atoms with Crippen molar-refractivity contribution in [3.63, 3.8) is 0 Å². The number of nitrogens with zero attached hydrogens (tertiary/aromatic N) is 1. The first-order chi connectivity index (χ1) is 12.5. The molecule has 1 heterocycles. The molecular formula is C17H20N2O5S2. The zero-order chi connectivity index (χ0) is 18.9. The number of rotatable bonds is 9. The van der Waals surface area contributed by atoms with Crippen molar-refractivity contribution in [2.24, 2.45) is 0 Å². The highest BCUT2D eigenvalue weighted by molar-refractivity contribution is 8.23. The van der Waals surface area contributed by atoms with Crippen LogP contribution >= 0.6 is 24.0 Å². The van der Waals surface area contributed by atoms with Crippen LogP contribution in [-0.2, 0) is 19.1 Å². The van der Waals surface area contributed by atoms with Crippen molar-refractivity contribution in [1.29, 1.82) is 0 Å². The number of carbonyl (C=O) groups excluding carboxylic acids is 3. The number of thioether (sulfide) groups is 1. The van der Waals surface area contributed by atoms with Gasteiger partial charge in [-0.05, 0) is 24.6 Å². The second-order valence-corrected chi connectivity index (χ2v) is 7.13. The normalized spacial score (nSPS) is 13.7. The van der Waals surface area contributed by atoms with Gasteiger partial charge >= 0.3 is 5.97 Å². The van der Waals surface area contributed by atoms with Gasteiger partial charge in [-0.3, -0.25) is 19.3 Å². The molecule has 0 saturated carbocycles. The Bertz CT molecular complexity index is 679. The number of carbonyl (C=O) groups is 3. The molecule has 0 atom stereocenters. The number of nitrogens with one attached hydrogen (secondary N) is 1. The number of hydrogen-bond acceptors (Lipinski definition) is 7. The summed E-state index contributed by atoms with van der Waals surface area (Å²) in [5.41, 5.74) is 1.07. The molecule has 0 aromatic heterocycles. The van der Waals surface area contributed by atoms with E-state index in [4.69, 9.17) is 21.7 Å². The molecule has 26 heavy (non-hydrogen) atoms. The molecule has 1 aliphatic heterocycles. The molecule has 1 fully saturated rings. The average molecular weight is 396 g/mol. The van der Waals surface area contributed by atoms with Crippen LogP contribution in [0, 0.1) is 6.92 Å². The predicted octanol–water partition coefficient (Wildman–Crippen LogP) is 1.28. The van der Waals surface area contributed by atoms with Crippen LogP contribution in [0.3, 0.4) is 0 Å². The molecule has 1 N–H and O–H groups in total. The summed E-state index contributed by atoms with van der Waals surface area (Å²) < 4.78 is 10.9. The highest BCUT2D eigenvalue weighted by Gasteiger charge is 2.25. The van der Waals surface area contributed by atoms with E-state index in [9.17, 15) is 14.4 Å². The van der Waals surface area contributed by atoms with E-state index in [1.54, 1.807) is 6.07 Å². The number of hydrogen-bond donors (Lipinski definition) is 1. The average Bonchev–Trinajstić information content (AvgIpc) is 2.92. The van der Waals surface area contributed by atoms with Gasteiger partial charge in [0.25, 0.3) is 5.91 Å². The number of aryl methyl sites for hydroxylation is 1. The largest absolute Gasteiger partial charge is 0.493 e. The summed E-state index contributed by atoms with van der Waals surface area (Å²) in [6.45, 7) is 2.33. The maximum Gasteiger partial charge on any atom is 0.309 e. The lowest BCUT2D eigenvalue weighted by molar-refractivity contribution is -0.149. The molecule has 2 amide bonds. The van der Waals surface area contributed by atoms with Crippen molar-refractivity contribution in [3.05, 3.63) is 29.8 Å². The molecule has 9 heteroatoms. The van der Waals surface area contributed by atoms with Gasteiger partial charge in [-0.2, -0.15) is 0 Å². The van der Waals surface area contributed by atoms with Gasteiger partial charge in [-0.1, -0.05) is 36.1 Å². The summed E-state index contributed by atoms with van der Waals surface area (Å²) >= 11 is 6.35. The van der Waals surface area contributed by atoms with E-state index in [1.165, 1.54) is 16.7 Å². The summed E-state index contributed by atoms with van der Waals surface area (Å²) in [4.78, 5) is 36.2. The Morgan fingerprint density at radius 1 is 1.38 bits per heavy atom. The third-order valence-electron chi connectivity index (χ3n) is 3.43. The standard InChI is InChI=1S/C17H20N2O5S2/c1-12-3-2-4-13(9-12)23-8-5-16(22)24-10-14(20)18-6-7-19-15(21)11-26-17(19)25/h2-4,9H,5-8,10-11H2,1H3,(H,18,20). The highest BCUT2D eigenvalue weighted by Crippen LogP contribution is 2.18. The monoisotopic (exact) mass is 396 g/mol. The number of esters is 1. The minimum atomic E-state index is -0.514. The van der Waals surface area contributed by atoms with E-state index < -0.39 is 11.9 Å². The molecule has 7 nitrogen and oxygen atoms in total. The third kappa shape index (κ3) is 6.64. The molecular weight excluding hydrogens is 376 g/mol. The van der Waals surface area contributed by atoms with Crippen LogP contribution in [0.1, 0.15) is 12.0 Å². The summed E-state index contributed by atoms with van der Waals surface area (Å²) in [5.74, 6) is 0.0234. The first-order valence-electron chi connectivity index (χ1n) is 8.04. The second-order valence-electron chi connectivity index (χ2n) is 5.53. The quantitative estimate of drug-likeness (QED) is 0.497. The van der Waals surface area contributed by atoms with E-state index in [2.05, 4.69) is 5.32 Å². The zero-order valence-electron chi connectivity index (χ0n) is 14.4.